The van der Waals surface area contributed by atoms with Gasteiger partial charge in [-0.25, -0.2) is 0 Å². The maximum atomic E-state index is 5.33. The van der Waals surface area contributed by atoms with Crippen LogP contribution in [-0.2, 0) is 0 Å². The van der Waals surface area contributed by atoms with Gasteiger partial charge in [-0.1, -0.05) is 18.2 Å². The van der Waals surface area contributed by atoms with Gasteiger partial charge in [-0.3, -0.25) is 0 Å². The van der Waals surface area contributed by atoms with Crippen molar-refractivity contribution in [1.82, 2.24) is 0 Å². The Balaban J connectivity index is 2.45. The van der Waals surface area contributed by atoms with Crippen molar-refractivity contribution in [2.75, 3.05) is 14.2 Å². The lowest BCUT2D eigenvalue weighted by atomic mass is 9.95. The van der Waals surface area contributed by atoms with E-state index >= 15 is 0 Å². The number of benzene rings is 2. The zero-order valence-corrected chi connectivity index (χ0v) is 13.4. The van der Waals surface area contributed by atoms with Gasteiger partial charge in [0.2, 0.25) is 0 Å². The SMILES string of the molecule is CC=C(c1ccc(OC)c(C)c1)c1ccc(OC)c(C)c1. The molecule has 0 radical (unpaired) electrons. The van der Waals surface area contributed by atoms with Crippen molar-refractivity contribution in [2.45, 2.75) is 20.8 Å². The van der Waals surface area contributed by atoms with Crippen LogP contribution in [0.1, 0.15) is 29.2 Å². The topological polar surface area (TPSA) is 18.5 Å². The second-order valence-electron chi connectivity index (χ2n) is 5.07. The fourth-order valence-electron chi connectivity index (χ4n) is 2.59. The quantitative estimate of drug-likeness (QED) is 0.804. The molecule has 0 saturated heterocycles. The van der Waals surface area contributed by atoms with E-state index in [-0.39, 0.29) is 0 Å². The number of rotatable bonds is 4. The summed E-state index contributed by atoms with van der Waals surface area (Å²) < 4.78 is 10.7. The second-order valence-corrected chi connectivity index (χ2v) is 5.07. The van der Waals surface area contributed by atoms with Crippen LogP contribution in [0.4, 0.5) is 0 Å². The highest BCUT2D eigenvalue weighted by molar-refractivity contribution is 5.80. The third kappa shape index (κ3) is 3.10. The first-order valence-corrected chi connectivity index (χ1v) is 7.07. The summed E-state index contributed by atoms with van der Waals surface area (Å²) in [4.78, 5) is 0. The number of hydrogen-bond donors (Lipinski definition) is 0. The van der Waals surface area contributed by atoms with Gasteiger partial charge in [-0.05, 0) is 72.9 Å². The van der Waals surface area contributed by atoms with E-state index in [0.29, 0.717) is 0 Å². The fraction of sp³-hybridized carbons (Fsp3) is 0.263. The standard InChI is InChI=1S/C19H22O2/c1-6-17(15-7-9-18(20-4)13(2)11-15)16-8-10-19(21-5)14(3)12-16/h6-12H,1-5H3. The van der Waals surface area contributed by atoms with E-state index in [2.05, 4.69) is 51.1 Å². The molecule has 0 heterocycles. The lowest BCUT2D eigenvalue weighted by Crippen LogP contribution is -1.94. The van der Waals surface area contributed by atoms with E-state index in [1.54, 1.807) is 14.2 Å². The molecule has 0 atom stereocenters. The van der Waals surface area contributed by atoms with Crippen molar-refractivity contribution >= 4 is 5.57 Å². The lowest BCUT2D eigenvalue weighted by molar-refractivity contribution is 0.411. The van der Waals surface area contributed by atoms with E-state index in [1.165, 1.54) is 16.7 Å². The van der Waals surface area contributed by atoms with E-state index in [0.717, 1.165) is 22.6 Å². The van der Waals surface area contributed by atoms with Crippen molar-refractivity contribution in [3.8, 4) is 11.5 Å². The molecule has 0 amide bonds. The highest BCUT2D eigenvalue weighted by atomic mass is 16.5. The maximum Gasteiger partial charge on any atom is 0.121 e. The molecule has 0 aliphatic rings. The molecule has 0 spiro atoms. The Bertz CT molecular complexity index is 614. The number of ether oxygens (including phenoxy) is 2. The van der Waals surface area contributed by atoms with Crippen LogP contribution in [0.25, 0.3) is 5.57 Å². The van der Waals surface area contributed by atoms with Gasteiger partial charge in [-0.15, -0.1) is 0 Å². The summed E-state index contributed by atoms with van der Waals surface area (Å²) in [6.45, 7) is 6.19. The van der Waals surface area contributed by atoms with Gasteiger partial charge in [0.05, 0.1) is 14.2 Å². The molecule has 0 saturated carbocycles. The highest BCUT2D eigenvalue weighted by Gasteiger charge is 2.08. The van der Waals surface area contributed by atoms with Gasteiger partial charge in [-0.2, -0.15) is 0 Å². The summed E-state index contributed by atoms with van der Waals surface area (Å²) in [5.74, 6) is 1.83. The number of hydrogen-bond acceptors (Lipinski definition) is 2. The molecule has 2 rings (SSSR count). The van der Waals surface area contributed by atoms with Crippen LogP contribution in [0.5, 0.6) is 11.5 Å². The number of aryl methyl sites for hydroxylation is 2. The van der Waals surface area contributed by atoms with E-state index < -0.39 is 0 Å². The third-order valence-corrected chi connectivity index (χ3v) is 3.70. The molecule has 0 aromatic heterocycles. The van der Waals surface area contributed by atoms with Crippen LogP contribution >= 0.6 is 0 Å². The Kier molecular flexibility index (Phi) is 4.69. The van der Waals surface area contributed by atoms with Crippen LogP contribution < -0.4 is 9.47 Å². The molecule has 0 aliphatic carbocycles. The molecule has 2 aromatic carbocycles. The van der Waals surface area contributed by atoms with Crippen molar-refractivity contribution in [3.63, 3.8) is 0 Å². The van der Waals surface area contributed by atoms with Gasteiger partial charge in [0, 0.05) is 0 Å². The molecule has 21 heavy (non-hydrogen) atoms. The van der Waals surface area contributed by atoms with Crippen molar-refractivity contribution in [2.24, 2.45) is 0 Å². The number of methoxy groups -OCH3 is 2. The highest BCUT2D eigenvalue weighted by Crippen LogP contribution is 2.30. The maximum absolute atomic E-state index is 5.33. The summed E-state index contributed by atoms with van der Waals surface area (Å²) >= 11 is 0. The normalized spacial score (nSPS) is 10.1. The van der Waals surface area contributed by atoms with Crippen LogP contribution in [0, 0.1) is 13.8 Å². The van der Waals surface area contributed by atoms with Crippen molar-refractivity contribution in [1.29, 1.82) is 0 Å². The predicted octanol–water partition coefficient (Wildman–Crippen LogP) is 4.77. The second kappa shape index (κ2) is 6.49. The van der Waals surface area contributed by atoms with Crippen molar-refractivity contribution < 1.29 is 9.47 Å². The van der Waals surface area contributed by atoms with E-state index in [1.807, 2.05) is 12.1 Å². The smallest absolute Gasteiger partial charge is 0.121 e. The lowest BCUT2D eigenvalue weighted by Gasteiger charge is -2.13. The molecule has 2 aromatic rings. The van der Waals surface area contributed by atoms with Gasteiger partial charge < -0.3 is 9.47 Å². The molecule has 2 heteroatoms. The molecule has 0 fully saturated rings. The summed E-state index contributed by atoms with van der Waals surface area (Å²) in [5, 5.41) is 0. The Morgan fingerprint density at radius 3 is 1.52 bits per heavy atom. The van der Waals surface area contributed by atoms with Crippen LogP contribution in [0.15, 0.2) is 42.5 Å². The Labute approximate surface area is 127 Å². The largest absolute Gasteiger partial charge is 0.496 e. The summed E-state index contributed by atoms with van der Waals surface area (Å²) in [7, 11) is 3.40. The van der Waals surface area contributed by atoms with Crippen LogP contribution in [0.3, 0.4) is 0 Å². The molecule has 0 unspecified atom stereocenters. The van der Waals surface area contributed by atoms with Gasteiger partial charge in [0.1, 0.15) is 11.5 Å². The Morgan fingerprint density at radius 1 is 0.810 bits per heavy atom. The average molecular weight is 282 g/mol. The van der Waals surface area contributed by atoms with E-state index in [4.69, 9.17) is 9.47 Å². The molecule has 2 nitrogen and oxygen atoms in total. The zero-order valence-electron chi connectivity index (χ0n) is 13.4. The summed E-state index contributed by atoms with van der Waals surface area (Å²) in [6, 6.07) is 12.6. The zero-order chi connectivity index (χ0) is 15.4. The molecule has 0 N–H and O–H groups in total. The third-order valence-electron chi connectivity index (χ3n) is 3.70. The molecule has 110 valence electrons. The minimum Gasteiger partial charge on any atom is -0.496 e. The number of allylic oxidation sites excluding steroid dienone is 1. The minimum atomic E-state index is 0.917. The van der Waals surface area contributed by atoms with E-state index in [9.17, 15) is 0 Å². The molecule has 0 aliphatic heterocycles. The molecule has 0 bridgehead atoms. The van der Waals surface area contributed by atoms with Gasteiger partial charge >= 0.3 is 0 Å². The fourth-order valence-corrected chi connectivity index (χ4v) is 2.59. The van der Waals surface area contributed by atoms with Crippen molar-refractivity contribution in [3.05, 3.63) is 64.7 Å². The monoisotopic (exact) mass is 282 g/mol. The Hall–Kier alpha value is -2.22. The average Bonchev–Trinajstić information content (AvgIpc) is 2.48. The predicted molar refractivity (Wildman–Crippen MR) is 88.2 cm³/mol. The van der Waals surface area contributed by atoms with Gasteiger partial charge in [0.25, 0.3) is 0 Å². The molecular formula is C19H22O2. The summed E-state index contributed by atoms with van der Waals surface area (Å²) in [6.07, 6.45) is 2.14. The van der Waals surface area contributed by atoms with Gasteiger partial charge in [0.15, 0.2) is 0 Å². The first-order chi connectivity index (χ1) is 10.1. The van der Waals surface area contributed by atoms with Crippen LogP contribution in [-0.4, -0.2) is 14.2 Å². The van der Waals surface area contributed by atoms with Crippen LogP contribution in [0.2, 0.25) is 0 Å². The molecular weight excluding hydrogens is 260 g/mol. The minimum absolute atomic E-state index is 0.917. The summed E-state index contributed by atoms with van der Waals surface area (Å²) in [5.41, 5.74) is 5.88. The Morgan fingerprint density at radius 2 is 1.24 bits per heavy atom. The first kappa shape index (κ1) is 15.2. The first-order valence-electron chi connectivity index (χ1n) is 7.07.